The van der Waals surface area contributed by atoms with Crippen molar-refractivity contribution < 1.29 is 18.8 Å². The van der Waals surface area contributed by atoms with Gasteiger partial charge in [-0.25, -0.2) is 4.39 Å². The van der Waals surface area contributed by atoms with Crippen LogP contribution in [0.25, 0.3) is 0 Å². The van der Waals surface area contributed by atoms with E-state index in [4.69, 9.17) is 0 Å². The number of carbonyl (C=O) groups is 3. The van der Waals surface area contributed by atoms with Crippen molar-refractivity contribution in [3.05, 3.63) is 53.1 Å². The molecule has 1 amide bonds. The van der Waals surface area contributed by atoms with Gasteiger partial charge in [0, 0.05) is 25.9 Å². The highest BCUT2D eigenvalue weighted by Gasteiger charge is 2.18. The lowest BCUT2D eigenvalue weighted by molar-refractivity contribution is -0.113. The Hall–Kier alpha value is -2.76. The predicted molar refractivity (Wildman–Crippen MR) is 79.5 cm³/mol. The first-order valence-electron chi connectivity index (χ1n) is 6.58. The van der Waals surface area contributed by atoms with Crippen LogP contribution < -0.4 is 5.32 Å². The van der Waals surface area contributed by atoms with Gasteiger partial charge in [0.1, 0.15) is 5.82 Å². The van der Waals surface area contributed by atoms with E-state index in [1.807, 2.05) is 0 Å². The quantitative estimate of drug-likeness (QED) is 0.697. The van der Waals surface area contributed by atoms with Crippen molar-refractivity contribution in [2.75, 3.05) is 5.32 Å². The molecule has 0 bridgehead atoms. The molecule has 5 nitrogen and oxygen atoms in total. The number of amides is 1. The topological polar surface area (TPSA) is 68.2 Å². The molecule has 0 atom stereocenters. The van der Waals surface area contributed by atoms with E-state index >= 15 is 0 Å². The second-order valence-corrected chi connectivity index (χ2v) is 5.03. The molecule has 0 aliphatic heterocycles. The average Bonchev–Trinajstić information content (AvgIpc) is 2.84. The minimum absolute atomic E-state index is 0.146. The summed E-state index contributed by atoms with van der Waals surface area (Å²) in [7, 11) is 1.58. The zero-order chi connectivity index (χ0) is 16.4. The second-order valence-electron chi connectivity index (χ2n) is 5.03. The van der Waals surface area contributed by atoms with Crippen LogP contribution in [-0.4, -0.2) is 22.0 Å². The number of aromatic nitrogens is 1. The zero-order valence-electron chi connectivity index (χ0n) is 12.4. The number of anilines is 1. The van der Waals surface area contributed by atoms with Crippen LogP contribution in [0.3, 0.4) is 0 Å². The first-order chi connectivity index (χ1) is 10.3. The minimum atomic E-state index is -0.654. The van der Waals surface area contributed by atoms with Crippen LogP contribution in [0.15, 0.2) is 30.5 Å². The number of benzene rings is 1. The zero-order valence-corrected chi connectivity index (χ0v) is 12.4. The summed E-state index contributed by atoms with van der Waals surface area (Å²) in [6, 6.07) is 5.58. The Labute approximate surface area is 126 Å². The highest BCUT2D eigenvalue weighted by Crippen LogP contribution is 2.16. The molecule has 0 radical (unpaired) electrons. The first-order valence-corrected chi connectivity index (χ1v) is 6.58. The van der Waals surface area contributed by atoms with Gasteiger partial charge in [0.25, 0.3) is 5.91 Å². The van der Waals surface area contributed by atoms with E-state index in [1.54, 1.807) is 14.0 Å². The summed E-state index contributed by atoms with van der Waals surface area (Å²) < 4.78 is 14.6. The maximum atomic E-state index is 13.2. The number of aryl methyl sites for hydroxylation is 2. The predicted octanol–water partition coefficient (Wildman–Crippen LogP) is 2.50. The van der Waals surface area contributed by atoms with E-state index < -0.39 is 17.5 Å². The smallest absolute Gasteiger partial charge is 0.257 e. The van der Waals surface area contributed by atoms with Crippen molar-refractivity contribution in [3.8, 4) is 0 Å². The molecule has 0 aliphatic rings. The van der Waals surface area contributed by atoms with Crippen molar-refractivity contribution in [1.82, 2.24) is 4.57 Å². The van der Waals surface area contributed by atoms with Gasteiger partial charge >= 0.3 is 0 Å². The second kappa shape index (κ2) is 5.93. The molecule has 0 unspecified atom stereocenters. The van der Waals surface area contributed by atoms with Crippen molar-refractivity contribution in [1.29, 1.82) is 0 Å². The SMILES string of the molecule is CC(=O)C(=O)c1cc(C(=O)Nc2ccc(F)c(C)c2)cn1C. The van der Waals surface area contributed by atoms with Crippen molar-refractivity contribution in [2.24, 2.45) is 7.05 Å². The van der Waals surface area contributed by atoms with Gasteiger partial charge in [0.15, 0.2) is 0 Å². The summed E-state index contributed by atoms with van der Waals surface area (Å²) in [4.78, 5) is 35.0. The monoisotopic (exact) mass is 302 g/mol. The number of hydrogen-bond donors (Lipinski definition) is 1. The molecule has 114 valence electrons. The average molecular weight is 302 g/mol. The number of carbonyl (C=O) groups excluding carboxylic acids is 3. The third-order valence-electron chi connectivity index (χ3n) is 3.24. The van der Waals surface area contributed by atoms with E-state index in [9.17, 15) is 18.8 Å². The van der Waals surface area contributed by atoms with Crippen molar-refractivity contribution in [3.63, 3.8) is 0 Å². The van der Waals surface area contributed by atoms with Crippen LogP contribution in [0.2, 0.25) is 0 Å². The molecule has 0 spiro atoms. The van der Waals surface area contributed by atoms with Gasteiger partial charge < -0.3 is 9.88 Å². The van der Waals surface area contributed by atoms with Crippen LogP contribution in [0.4, 0.5) is 10.1 Å². The van der Waals surface area contributed by atoms with Gasteiger partial charge in [0.2, 0.25) is 11.6 Å². The Morgan fingerprint density at radius 2 is 1.86 bits per heavy atom. The van der Waals surface area contributed by atoms with Gasteiger partial charge in [-0.15, -0.1) is 0 Å². The number of halogens is 1. The van der Waals surface area contributed by atoms with E-state index in [1.165, 1.54) is 42.0 Å². The number of ketones is 2. The summed E-state index contributed by atoms with van der Waals surface area (Å²) in [5.41, 5.74) is 1.26. The molecular formula is C16H15FN2O3. The molecule has 1 N–H and O–H groups in total. The molecule has 0 fully saturated rings. The molecule has 1 aromatic carbocycles. The Bertz CT molecular complexity index is 778. The molecule has 1 aromatic heterocycles. The van der Waals surface area contributed by atoms with Crippen molar-refractivity contribution in [2.45, 2.75) is 13.8 Å². The summed E-state index contributed by atoms with van der Waals surface area (Å²) in [5.74, 6) is -2.04. The van der Waals surface area contributed by atoms with Crippen LogP contribution in [0, 0.1) is 12.7 Å². The third kappa shape index (κ3) is 3.11. The Morgan fingerprint density at radius 3 is 2.45 bits per heavy atom. The number of nitrogens with one attached hydrogen (secondary N) is 1. The number of hydrogen-bond acceptors (Lipinski definition) is 3. The Kier molecular flexibility index (Phi) is 4.21. The molecule has 0 saturated carbocycles. The number of rotatable bonds is 4. The van der Waals surface area contributed by atoms with E-state index in [0.29, 0.717) is 11.3 Å². The fraction of sp³-hybridized carbons (Fsp3) is 0.188. The molecule has 2 rings (SSSR count). The number of nitrogens with zero attached hydrogens (tertiary/aromatic N) is 1. The van der Waals surface area contributed by atoms with E-state index in [0.717, 1.165) is 0 Å². The van der Waals surface area contributed by atoms with Gasteiger partial charge in [-0.2, -0.15) is 0 Å². The highest BCUT2D eigenvalue weighted by atomic mass is 19.1. The molecule has 0 aliphatic carbocycles. The maximum Gasteiger partial charge on any atom is 0.257 e. The van der Waals surface area contributed by atoms with Gasteiger partial charge in [-0.3, -0.25) is 14.4 Å². The Morgan fingerprint density at radius 1 is 1.18 bits per heavy atom. The molecule has 6 heteroatoms. The largest absolute Gasteiger partial charge is 0.347 e. The molecule has 0 saturated heterocycles. The molecule has 2 aromatic rings. The number of Topliss-reactive ketones (excluding diaryl/α,β-unsaturated/α-hetero) is 2. The fourth-order valence-corrected chi connectivity index (χ4v) is 2.02. The molecule has 22 heavy (non-hydrogen) atoms. The highest BCUT2D eigenvalue weighted by molar-refractivity contribution is 6.42. The first kappa shape index (κ1) is 15.6. The van der Waals surface area contributed by atoms with E-state index in [-0.39, 0.29) is 17.1 Å². The Balaban J connectivity index is 2.23. The molecule has 1 heterocycles. The lowest BCUT2D eigenvalue weighted by Gasteiger charge is -2.05. The van der Waals surface area contributed by atoms with E-state index in [2.05, 4.69) is 5.32 Å². The maximum absolute atomic E-state index is 13.2. The fourth-order valence-electron chi connectivity index (χ4n) is 2.02. The van der Waals surface area contributed by atoms with Gasteiger partial charge in [0.05, 0.1) is 11.3 Å². The normalized spacial score (nSPS) is 10.4. The summed E-state index contributed by atoms with van der Waals surface area (Å²) in [5, 5.41) is 2.62. The minimum Gasteiger partial charge on any atom is -0.347 e. The van der Waals surface area contributed by atoms with Crippen LogP contribution in [-0.2, 0) is 11.8 Å². The third-order valence-corrected chi connectivity index (χ3v) is 3.24. The lowest BCUT2D eigenvalue weighted by Crippen LogP contribution is -2.13. The van der Waals surface area contributed by atoms with Crippen LogP contribution in [0.1, 0.15) is 33.3 Å². The van der Waals surface area contributed by atoms with Crippen LogP contribution in [0.5, 0.6) is 0 Å². The summed E-state index contributed by atoms with van der Waals surface area (Å²) in [6.45, 7) is 2.77. The van der Waals surface area contributed by atoms with Crippen LogP contribution >= 0.6 is 0 Å². The standard InChI is InChI=1S/C16H15FN2O3/c1-9-6-12(4-5-13(9)17)18-16(22)11-7-14(19(3)8-11)15(21)10(2)20/h4-8H,1-3H3,(H,18,22). The molecular weight excluding hydrogens is 287 g/mol. The summed E-state index contributed by atoms with van der Waals surface area (Å²) >= 11 is 0. The summed E-state index contributed by atoms with van der Waals surface area (Å²) in [6.07, 6.45) is 1.46. The van der Waals surface area contributed by atoms with Crippen molar-refractivity contribution >= 4 is 23.2 Å². The van der Waals surface area contributed by atoms with Gasteiger partial charge in [-0.05, 0) is 36.8 Å². The lowest BCUT2D eigenvalue weighted by atomic mass is 10.2. The van der Waals surface area contributed by atoms with Gasteiger partial charge in [-0.1, -0.05) is 0 Å².